The van der Waals surface area contributed by atoms with Crippen molar-refractivity contribution in [3.05, 3.63) is 23.8 Å². The third kappa shape index (κ3) is 5.17. The van der Waals surface area contributed by atoms with Crippen LogP contribution in [0.3, 0.4) is 0 Å². The molecule has 7 heteroatoms. The number of aliphatic hydroxyl groups is 5. The van der Waals surface area contributed by atoms with Crippen molar-refractivity contribution >= 4 is 0 Å². The first-order valence-electron chi connectivity index (χ1n) is 6.15. The summed E-state index contributed by atoms with van der Waals surface area (Å²) in [6.45, 7) is -0.543. The lowest BCUT2D eigenvalue weighted by molar-refractivity contribution is -0.0137. The fraction of sp³-hybridized carbons (Fsp3) is 0.667. The fourth-order valence-electron chi connectivity index (χ4n) is 1.59. The van der Waals surface area contributed by atoms with Crippen LogP contribution < -0.4 is 0 Å². The molecule has 3 atom stereocenters. The molecular weight excluding hydrogens is 252 g/mol. The van der Waals surface area contributed by atoms with E-state index in [1.165, 1.54) is 12.4 Å². The first kappa shape index (κ1) is 15.9. The Kier molecular flexibility index (Phi) is 6.82. The van der Waals surface area contributed by atoms with Crippen molar-refractivity contribution in [1.29, 1.82) is 0 Å². The summed E-state index contributed by atoms with van der Waals surface area (Å²) in [5, 5.41) is 46.0. The SMILES string of the molecule is OCCCC(O)c1cncc(CC(O)C(O)CO)n1. The minimum Gasteiger partial charge on any atom is -0.396 e. The predicted molar refractivity (Wildman–Crippen MR) is 66.1 cm³/mol. The van der Waals surface area contributed by atoms with Gasteiger partial charge in [0.25, 0.3) is 0 Å². The summed E-state index contributed by atoms with van der Waals surface area (Å²) in [6.07, 6.45) is 0.522. The highest BCUT2D eigenvalue weighted by Gasteiger charge is 2.17. The number of aliphatic hydroxyl groups excluding tert-OH is 5. The van der Waals surface area contributed by atoms with Gasteiger partial charge >= 0.3 is 0 Å². The van der Waals surface area contributed by atoms with E-state index in [0.29, 0.717) is 24.2 Å². The van der Waals surface area contributed by atoms with Gasteiger partial charge in [-0.1, -0.05) is 0 Å². The number of hydrogen-bond acceptors (Lipinski definition) is 7. The first-order valence-corrected chi connectivity index (χ1v) is 6.15. The zero-order valence-corrected chi connectivity index (χ0v) is 10.6. The van der Waals surface area contributed by atoms with Gasteiger partial charge in [-0.05, 0) is 12.8 Å². The number of rotatable bonds is 8. The van der Waals surface area contributed by atoms with E-state index < -0.39 is 24.9 Å². The molecule has 1 heterocycles. The zero-order chi connectivity index (χ0) is 14.3. The molecule has 1 rings (SSSR count). The van der Waals surface area contributed by atoms with Crippen LogP contribution in [0.4, 0.5) is 0 Å². The zero-order valence-electron chi connectivity index (χ0n) is 10.6. The maximum atomic E-state index is 9.80. The molecule has 7 nitrogen and oxygen atoms in total. The predicted octanol–water partition coefficient (Wildman–Crippen LogP) is -1.46. The van der Waals surface area contributed by atoms with Crippen molar-refractivity contribution < 1.29 is 25.5 Å². The van der Waals surface area contributed by atoms with Crippen molar-refractivity contribution in [3.8, 4) is 0 Å². The molecule has 0 saturated carbocycles. The largest absolute Gasteiger partial charge is 0.396 e. The van der Waals surface area contributed by atoms with Crippen LogP contribution >= 0.6 is 0 Å². The lowest BCUT2D eigenvalue weighted by Gasteiger charge is -2.15. The average molecular weight is 272 g/mol. The van der Waals surface area contributed by atoms with Crippen LogP contribution in [0.25, 0.3) is 0 Å². The third-order valence-corrected chi connectivity index (χ3v) is 2.73. The topological polar surface area (TPSA) is 127 Å². The molecule has 0 aromatic carbocycles. The minimum atomic E-state index is -1.23. The van der Waals surface area contributed by atoms with Crippen molar-refractivity contribution in [1.82, 2.24) is 9.97 Å². The quantitative estimate of drug-likeness (QED) is 0.391. The van der Waals surface area contributed by atoms with Crippen LogP contribution in [0, 0.1) is 0 Å². The highest BCUT2D eigenvalue weighted by atomic mass is 16.4. The fourth-order valence-corrected chi connectivity index (χ4v) is 1.59. The molecule has 1 aromatic heterocycles. The van der Waals surface area contributed by atoms with E-state index in [4.69, 9.17) is 10.2 Å². The van der Waals surface area contributed by atoms with E-state index >= 15 is 0 Å². The Morgan fingerprint density at radius 2 is 1.79 bits per heavy atom. The summed E-state index contributed by atoms with van der Waals surface area (Å²) in [7, 11) is 0. The maximum Gasteiger partial charge on any atom is 0.103 e. The summed E-state index contributed by atoms with van der Waals surface area (Å²) in [6, 6.07) is 0. The molecule has 1 aromatic rings. The second-order valence-corrected chi connectivity index (χ2v) is 4.34. The molecule has 0 spiro atoms. The Morgan fingerprint density at radius 3 is 2.42 bits per heavy atom. The lowest BCUT2D eigenvalue weighted by atomic mass is 10.1. The minimum absolute atomic E-state index is 0.00835. The van der Waals surface area contributed by atoms with Crippen LogP contribution in [0.2, 0.25) is 0 Å². The molecule has 0 aliphatic heterocycles. The van der Waals surface area contributed by atoms with E-state index in [1.54, 1.807) is 0 Å². The Hall–Kier alpha value is -1.12. The van der Waals surface area contributed by atoms with E-state index in [0.717, 1.165) is 0 Å². The number of hydrogen-bond donors (Lipinski definition) is 5. The molecule has 0 aliphatic rings. The smallest absolute Gasteiger partial charge is 0.103 e. The molecule has 19 heavy (non-hydrogen) atoms. The van der Waals surface area contributed by atoms with Gasteiger partial charge in [0.05, 0.1) is 36.4 Å². The Bertz CT molecular complexity index is 377. The summed E-state index contributed by atoms with van der Waals surface area (Å²) >= 11 is 0. The molecule has 3 unspecified atom stereocenters. The van der Waals surface area contributed by atoms with Crippen LogP contribution in [-0.2, 0) is 6.42 Å². The normalized spacial score (nSPS) is 16.1. The van der Waals surface area contributed by atoms with Crippen molar-refractivity contribution in [2.75, 3.05) is 13.2 Å². The molecule has 0 bridgehead atoms. The van der Waals surface area contributed by atoms with Gasteiger partial charge in [-0.25, -0.2) is 0 Å². The molecule has 0 saturated heterocycles. The van der Waals surface area contributed by atoms with E-state index in [9.17, 15) is 15.3 Å². The molecule has 0 aliphatic carbocycles. The molecule has 0 fully saturated rings. The van der Waals surface area contributed by atoms with Crippen molar-refractivity contribution in [2.24, 2.45) is 0 Å². The number of aromatic nitrogens is 2. The monoisotopic (exact) mass is 272 g/mol. The lowest BCUT2D eigenvalue weighted by Crippen LogP contribution is -2.31. The molecular formula is C12H20N2O5. The average Bonchev–Trinajstić information content (AvgIpc) is 2.43. The maximum absolute atomic E-state index is 9.80. The molecule has 108 valence electrons. The van der Waals surface area contributed by atoms with E-state index in [-0.39, 0.29) is 13.0 Å². The highest BCUT2D eigenvalue weighted by Crippen LogP contribution is 2.15. The Morgan fingerprint density at radius 1 is 1.05 bits per heavy atom. The second kappa shape index (κ2) is 8.13. The van der Waals surface area contributed by atoms with Crippen molar-refractivity contribution in [2.45, 2.75) is 37.6 Å². The van der Waals surface area contributed by atoms with E-state index in [2.05, 4.69) is 9.97 Å². The summed E-state index contributed by atoms with van der Waals surface area (Å²) in [5.41, 5.74) is 0.775. The second-order valence-electron chi connectivity index (χ2n) is 4.34. The van der Waals surface area contributed by atoms with Crippen LogP contribution in [0.15, 0.2) is 12.4 Å². The van der Waals surface area contributed by atoms with Gasteiger partial charge in [-0.15, -0.1) is 0 Å². The van der Waals surface area contributed by atoms with Gasteiger partial charge in [0.2, 0.25) is 0 Å². The standard InChI is InChI=1S/C12H20N2O5/c15-3-1-2-10(17)9-6-13-5-8(14-9)4-11(18)12(19)7-16/h5-6,10-12,15-19H,1-4,7H2. The molecule has 0 radical (unpaired) electrons. The third-order valence-electron chi connectivity index (χ3n) is 2.73. The van der Waals surface area contributed by atoms with E-state index in [1.807, 2.05) is 0 Å². The summed E-state index contributed by atoms with van der Waals surface area (Å²) in [5.74, 6) is 0. The Labute approximate surface area is 111 Å². The molecule has 5 N–H and O–H groups in total. The van der Waals surface area contributed by atoms with Gasteiger partial charge in [0, 0.05) is 19.2 Å². The highest BCUT2D eigenvalue weighted by molar-refractivity contribution is 5.07. The Balaban J connectivity index is 2.66. The van der Waals surface area contributed by atoms with Gasteiger partial charge in [-0.3, -0.25) is 9.97 Å². The molecule has 0 amide bonds. The van der Waals surface area contributed by atoms with Gasteiger partial charge in [0.15, 0.2) is 0 Å². The summed E-state index contributed by atoms with van der Waals surface area (Å²) < 4.78 is 0. The van der Waals surface area contributed by atoms with Crippen LogP contribution in [-0.4, -0.2) is 60.9 Å². The van der Waals surface area contributed by atoms with Crippen molar-refractivity contribution in [3.63, 3.8) is 0 Å². The summed E-state index contributed by atoms with van der Waals surface area (Å²) in [4.78, 5) is 8.05. The van der Waals surface area contributed by atoms with Gasteiger partial charge in [-0.2, -0.15) is 0 Å². The van der Waals surface area contributed by atoms with Gasteiger partial charge in [0.1, 0.15) is 6.10 Å². The van der Waals surface area contributed by atoms with Crippen LogP contribution in [0.5, 0.6) is 0 Å². The number of nitrogens with zero attached hydrogens (tertiary/aromatic N) is 2. The van der Waals surface area contributed by atoms with Gasteiger partial charge < -0.3 is 25.5 Å². The van der Waals surface area contributed by atoms with Crippen LogP contribution in [0.1, 0.15) is 30.3 Å². The first-order chi connectivity index (χ1) is 9.08.